The third kappa shape index (κ3) is 3.04. The number of rotatable bonds is 3. The molecule has 0 bridgehead atoms. The van der Waals surface area contributed by atoms with Gasteiger partial charge in [-0.15, -0.1) is 0 Å². The summed E-state index contributed by atoms with van der Waals surface area (Å²) >= 11 is 0. The van der Waals surface area contributed by atoms with Crippen molar-refractivity contribution in [1.29, 1.82) is 0 Å². The summed E-state index contributed by atoms with van der Waals surface area (Å²) in [5, 5.41) is 3.12. The molecule has 1 rings (SSSR count). The zero-order valence-electron chi connectivity index (χ0n) is 7.39. The first-order chi connectivity index (χ1) is 5.33. The highest BCUT2D eigenvalue weighted by Crippen LogP contribution is 2.14. The van der Waals surface area contributed by atoms with Crippen LogP contribution < -0.4 is 5.32 Å². The minimum Gasteiger partial charge on any atom is -0.374 e. The summed E-state index contributed by atoms with van der Waals surface area (Å²) in [6.07, 6.45) is 5.03. The third-order valence-corrected chi connectivity index (χ3v) is 1.89. The lowest BCUT2D eigenvalue weighted by Crippen LogP contribution is -2.11. The van der Waals surface area contributed by atoms with Gasteiger partial charge in [0.2, 0.25) is 0 Å². The van der Waals surface area contributed by atoms with Gasteiger partial charge in [-0.3, -0.25) is 0 Å². The molecule has 1 N–H and O–H groups in total. The Balaban J connectivity index is 2.30. The largest absolute Gasteiger partial charge is 0.374 e. The molecule has 0 amide bonds. The third-order valence-electron chi connectivity index (χ3n) is 1.89. The summed E-state index contributed by atoms with van der Waals surface area (Å²) in [7, 11) is 1.97. The molecule has 0 aromatic heterocycles. The molecule has 2 heteroatoms. The minimum atomic E-state index is 0.392. The summed E-state index contributed by atoms with van der Waals surface area (Å²) in [4.78, 5) is 0. The first-order valence-corrected chi connectivity index (χ1v) is 4.26. The molecule has 0 saturated carbocycles. The van der Waals surface area contributed by atoms with Crippen LogP contribution in [0.5, 0.6) is 0 Å². The summed E-state index contributed by atoms with van der Waals surface area (Å²) in [6, 6.07) is 0. The number of hydrogen-bond acceptors (Lipinski definition) is 2. The van der Waals surface area contributed by atoms with Crippen LogP contribution in [-0.4, -0.2) is 26.3 Å². The molecular formula is C9H17NO. The maximum Gasteiger partial charge on any atom is 0.0759 e. The van der Waals surface area contributed by atoms with Crippen molar-refractivity contribution in [3.05, 3.63) is 11.6 Å². The average molecular weight is 155 g/mol. The Kier molecular flexibility index (Phi) is 3.60. The Hall–Kier alpha value is -0.340. The van der Waals surface area contributed by atoms with E-state index in [9.17, 15) is 0 Å². The molecule has 64 valence electrons. The van der Waals surface area contributed by atoms with Gasteiger partial charge < -0.3 is 10.1 Å². The van der Waals surface area contributed by atoms with Crippen LogP contribution in [0.4, 0.5) is 0 Å². The van der Waals surface area contributed by atoms with Crippen LogP contribution in [0.1, 0.15) is 19.8 Å². The Labute approximate surface area is 68.6 Å². The van der Waals surface area contributed by atoms with Crippen molar-refractivity contribution in [2.24, 2.45) is 0 Å². The van der Waals surface area contributed by atoms with Gasteiger partial charge in [0.25, 0.3) is 0 Å². The molecule has 1 unspecified atom stereocenters. The van der Waals surface area contributed by atoms with E-state index in [0.29, 0.717) is 6.10 Å². The van der Waals surface area contributed by atoms with Crippen LogP contribution >= 0.6 is 0 Å². The molecule has 2 nitrogen and oxygen atoms in total. The lowest BCUT2D eigenvalue weighted by molar-refractivity contribution is 0.145. The molecule has 1 heterocycles. The standard InChI is InChI=1S/C9H17NO/c1-8(7-10-2)6-9-4-3-5-11-9/h6,9-10H,3-5,7H2,1-2H3. The van der Waals surface area contributed by atoms with Gasteiger partial charge in [-0.1, -0.05) is 11.6 Å². The predicted molar refractivity (Wildman–Crippen MR) is 46.7 cm³/mol. The Morgan fingerprint density at radius 1 is 1.73 bits per heavy atom. The van der Waals surface area contributed by atoms with Crippen molar-refractivity contribution >= 4 is 0 Å². The summed E-state index contributed by atoms with van der Waals surface area (Å²) < 4.78 is 5.47. The van der Waals surface area contributed by atoms with E-state index in [-0.39, 0.29) is 0 Å². The van der Waals surface area contributed by atoms with Gasteiger partial charge in [-0.05, 0) is 26.8 Å². The smallest absolute Gasteiger partial charge is 0.0759 e. The zero-order valence-corrected chi connectivity index (χ0v) is 7.39. The molecule has 1 aliphatic heterocycles. The molecule has 1 aliphatic rings. The molecule has 0 spiro atoms. The van der Waals surface area contributed by atoms with Gasteiger partial charge in [0.1, 0.15) is 0 Å². The second-order valence-electron chi connectivity index (χ2n) is 3.09. The van der Waals surface area contributed by atoms with E-state index >= 15 is 0 Å². The van der Waals surface area contributed by atoms with Crippen LogP contribution in [0.25, 0.3) is 0 Å². The second kappa shape index (κ2) is 4.52. The van der Waals surface area contributed by atoms with Crippen LogP contribution in [0.2, 0.25) is 0 Å². The Morgan fingerprint density at radius 2 is 2.55 bits per heavy atom. The molecule has 0 aromatic rings. The van der Waals surface area contributed by atoms with Crippen LogP contribution in [0.3, 0.4) is 0 Å². The molecule has 1 saturated heterocycles. The first kappa shape index (κ1) is 8.75. The number of nitrogens with one attached hydrogen (secondary N) is 1. The molecule has 11 heavy (non-hydrogen) atoms. The van der Waals surface area contributed by atoms with E-state index < -0.39 is 0 Å². The minimum absolute atomic E-state index is 0.392. The number of likely N-dealkylation sites (N-methyl/N-ethyl adjacent to an activating group) is 1. The highest BCUT2D eigenvalue weighted by Gasteiger charge is 2.11. The molecule has 0 aliphatic carbocycles. The fourth-order valence-corrected chi connectivity index (χ4v) is 1.39. The lowest BCUT2D eigenvalue weighted by Gasteiger charge is -2.05. The van der Waals surface area contributed by atoms with Crippen LogP contribution in [-0.2, 0) is 4.74 Å². The number of ether oxygens (including phenoxy) is 1. The Morgan fingerprint density at radius 3 is 3.09 bits per heavy atom. The van der Waals surface area contributed by atoms with Crippen molar-refractivity contribution in [2.75, 3.05) is 20.2 Å². The normalized spacial score (nSPS) is 26.0. The lowest BCUT2D eigenvalue weighted by atomic mass is 10.1. The van der Waals surface area contributed by atoms with E-state index in [2.05, 4.69) is 18.3 Å². The van der Waals surface area contributed by atoms with E-state index in [1.54, 1.807) is 0 Å². The summed E-state index contributed by atoms with van der Waals surface area (Å²) in [5.74, 6) is 0. The second-order valence-corrected chi connectivity index (χ2v) is 3.09. The zero-order chi connectivity index (χ0) is 8.10. The van der Waals surface area contributed by atoms with E-state index in [0.717, 1.165) is 13.2 Å². The maximum atomic E-state index is 5.47. The first-order valence-electron chi connectivity index (χ1n) is 4.26. The highest BCUT2D eigenvalue weighted by molar-refractivity contribution is 5.04. The fourth-order valence-electron chi connectivity index (χ4n) is 1.39. The van der Waals surface area contributed by atoms with E-state index in [1.807, 2.05) is 7.05 Å². The highest BCUT2D eigenvalue weighted by atomic mass is 16.5. The topological polar surface area (TPSA) is 21.3 Å². The maximum absolute atomic E-state index is 5.47. The molecular weight excluding hydrogens is 138 g/mol. The monoisotopic (exact) mass is 155 g/mol. The van der Waals surface area contributed by atoms with E-state index in [4.69, 9.17) is 4.74 Å². The van der Waals surface area contributed by atoms with Crippen molar-refractivity contribution in [2.45, 2.75) is 25.9 Å². The van der Waals surface area contributed by atoms with Crippen molar-refractivity contribution in [1.82, 2.24) is 5.32 Å². The summed E-state index contributed by atoms with van der Waals surface area (Å²) in [6.45, 7) is 4.05. The van der Waals surface area contributed by atoms with Crippen LogP contribution in [0.15, 0.2) is 11.6 Å². The quantitative estimate of drug-likeness (QED) is 0.621. The van der Waals surface area contributed by atoms with Crippen LogP contribution in [0, 0.1) is 0 Å². The van der Waals surface area contributed by atoms with Gasteiger partial charge in [0, 0.05) is 13.2 Å². The number of hydrogen-bond donors (Lipinski definition) is 1. The predicted octanol–water partition coefficient (Wildman–Crippen LogP) is 1.33. The van der Waals surface area contributed by atoms with Crippen molar-refractivity contribution in [3.8, 4) is 0 Å². The molecule has 0 radical (unpaired) electrons. The van der Waals surface area contributed by atoms with Gasteiger partial charge >= 0.3 is 0 Å². The Bertz CT molecular complexity index is 136. The van der Waals surface area contributed by atoms with Gasteiger partial charge in [-0.2, -0.15) is 0 Å². The van der Waals surface area contributed by atoms with Crippen molar-refractivity contribution < 1.29 is 4.74 Å². The van der Waals surface area contributed by atoms with Gasteiger partial charge in [0.15, 0.2) is 0 Å². The van der Waals surface area contributed by atoms with Gasteiger partial charge in [0.05, 0.1) is 6.10 Å². The average Bonchev–Trinajstić information content (AvgIpc) is 2.40. The summed E-state index contributed by atoms with van der Waals surface area (Å²) in [5.41, 5.74) is 1.37. The molecule has 0 aromatic carbocycles. The molecule has 1 atom stereocenters. The van der Waals surface area contributed by atoms with E-state index in [1.165, 1.54) is 18.4 Å². The fraction of sp³-hybridized carbons (Fsp3) is 0.778. The molecule has 1 fully saturated rings. The van der Waals surface area contributed by atoms with Crippen molar-refractivity contribution in [3.63, 3.8) is 0 Å². The van der Waals surface area contributed by atoms with Gasteiger partial charge in [-0.25, -0.2) is 0 Å². The SMILES string of the molecule is CNCC(C)=CC1CCCO1.